The summed E-state index contributed by atoms with van der Waals surface area (Å²) in [6.45, 7) is 9.06. The number of para-hydroxylation sites is 2. The molecule has 6 aromatic carbocycles. The lowest BCUT2D eigenvalue weighted by Crippen LogP contribution is -2.31. The molecule has 0 aromatic heterocycles. The van der Waals surface area contributed by atoms with Crippen molar-refractivity contribution in [3.05, 3.63) is 154 Å². The molecule has 4 aliphatic rings. The number of hydrogen-bond acceptors (Lipinski definition) is 6. The maximum atomic E-state index is 13.6. The summed E-state index contributed by atoms with van der Waals surface area (Å²) in [5.41, 5.74) is 11.0. The number of esters is 2. The molecule has 0 bridgehead atoms. The molecule has 0 amide bonds. The Bertz CT molecular complexity index is 2530. The third kappa shape index (κ3) is 3.89. The van der Waals surface area contributed by atoms with E-state index in [1.165, 1.54) is 33.6 Å². The molecule has 0 unspecified atom stereocenters. The highest BCUT2D eigenvalue weighted by molar-refractivity contribution is 6.29. The molecule has 0 atom stereocenters. The number of carbonyl (C=O) groups excluding carboxylic acids is 2. The molecule has 4 heterocycles. The van der Waals surface area contributed by atoms with Crippen molar-refractivity contribution in [3.63, 3.8) is 0 Å². The van der Waals surface area contributed by atoms with Crippen molar-refractivity contribution in [2.75, 3.05) is 23.9 Å². The maximum Gasteiger partial charge on any atom is 0.348 e. The van der Waals surface area contributed by atoms with Gasteiger partial charge < -0.3 is 19.3 Å². The van der Waals surface area contributed by atoms with Crippen LogP contribution in [-0.2, 0) is 29.9 Å². The summed E-state index contributed by atoms with van der Waals surface area (Å²) >= 11 is 0. The second-order valence-electron chi connectivity index (χ2n) is 15.4. The van der Waals surface area contributed by atoms with Crippen LogP contribution in [0.15, 0.2) is 121 Å². The van der Waals surface area contributed by atoms with Gasteiger partial charge in [0.1, 0.15) is 11.1 Å². The molecular weight excluding hydrogens is 645 g/mol. The van der Waals surface area contributed by atoms with E-state index in [-0.39, 0.29) is 33.5 Å². The molecule has 0 N–H and O–H groups in total. The van der Waals surface area contributed by atoms with Crippen molar-refractivity contribution in [2.24, 2.45) is 0 Å². The van der Waals surface area contributed by atoms with Crippen molar-refractivity contribution >= 4 is 67.4 Å². The molecule has 0 aliphatic carbocycles. The van der Waals surface area contributed by atoms with Gasteiger partial charge in [-0.25, -0.2) is 9.59 Å². The largest absolute Gasteiger partial charge is 0.418 e. The Kier molecular flexibility index (Phi) is 6.03. The van der Waals surface area contributed by atoms with Gasteiger partial charge in [-0.3, -0.25) is 0 Å². The third-order valence-electron chi connectivity index (χ3n) is 11.9. The zero-order valence-electron chi connectivity index (χ0n) is 29.9. The van der Waals surface area contributed by atoms with Gasteiger partial charge in [-0.2, -0.15) is 0 Å². The topological polar surface area (TPSA) is 59.1 Å². The smallest absolute Gasteiger partial charge is 0.348 e. The van der Waals surface area contributed by atoms with Gasteiger partial charge in [-0.1, -0.05) is 100 Å². The predicted octanol–water partition coefficient (Wildman–Crippen LogP) is 10.0. The first-order valence-electron chi connectivity index (χ1n) is 17.7. The monoisotopic (exact) mass is 680 g/mol. The van der Waals surface area contributed by atoms with Crippen LogP contribution in [0.2, 0.25) is 0 Å². The molecule has 6 nitrogen and oxygen atoms in total. The van der Waals surface area contributed by atoms with Crippen LogP contribution in [-0.4, -0.2) is 26.0 Å². The van der Waals surface area contributed by atoms with E-state index in [1.807, 2.05) is 24.3 Å². The lowest BCUT2D eigenvalue weighted by atomic mass is 9.72. The minimum absolute atomic E-state index is 0.182. The zero-order valence-corrected chi connectivity index (χ0v) is 29.9. The van der Waals surface area contributed by atoms with E-state index >= 15 is 0 Å². The minimum Gasteiger partial charge on any atom is -0.418 e. The summed E-state index contributed by atoms with van der Waals surface area (Å²) in [6, 6.07) is 37.6. The third-order valence-corrected chi connectivity index (χ3v) is 11.9. The molecule has 254 valence electrons. The fraction of sp³-hybridized carbons (Fsp3) is 0.174. The van der Waals surface area contributed by atoms with E-state index in [0.29, 0.717) is 11.1 Å². The standard InChI is InChI=1S/C46H36N2O4/c1-45(2)31-11-7-9-13-33(31)47(5)35-21-17-25-23-27(15-19-29(25)39(35)45)37-41-42(52-43(37)49)38(44(50)51-41)28-16-20-30-26(24-28)18-22-36-40(30)46(3,4)32-12-8-10-14-34(32)48(36)6/h7-24H,1-6H3. The number of rotatable bonds is 2. The Hall–Kier alpha value is -6.14. The molecular formula is C46H36N2O4. The van der Waals surface area contributed by atoms with Crippen LogP contribution < -0.4 is 9.80 Å². The first-order chi connectivity index (χ1) is 25.0. The Balaban J connectivity index is 1.07. The summed E-state index contributed by atoms with van der Waals surface area (Å²) in [6.07, 6.45) is 0. The number of benzene rings is 6. The zero-order chi connectivity index (χ0) is 35.8. The van der Waals surface area contributed by atoms with Gasteiger partial charge in [0.15, 0.2) is 11.5 Å². The van der Waals surface area contributed by atoms with Gasteiger partial charge in [-0.15, -0.1) is 0 Å². The molecule has 52 heavy (non-hydrogen) atoms. The van der Waals surface area contributed by atoms with Crippen LogP contribution in [0.25, 0.3) is 32.7 Å². The normalized spacial score (nSPS) is 17.9. The molecule has 0 radical (unpaired) electrons. The molecule has 0 spiro atoms. The van der Waals surface area contributed by atoms with Crippen LogP contribution >= 0.6 is 0 Å². The Morgan fingerprint density at radius 1 is 0.481 bits per heavy atom. The van der Waals surface area contributed by atoms with Crippen LogP contribution in [0.5, 0.6) is 0 Å². The second-order valence-corrected chi connectivity index (χ2v) is 15.4. The van der Waals surface area contributed by atoms with Gasteiger partial charge in [0.25, 0.3) is 0 Å². The SMILES string of the molecule is CN1c2ccccc2C(C)(C)c2c1ccc1cc(C3=C4OC(=O)C(c5ccc6c7c(ccc6c5)N(C)c5ccccc5C7(C)C)=C4OC3=O)ccc21. The van der Waals surface area contributed by atoms with Crippen LogP contribution in [0.3, 0.4) is 0 Å². The molecule has 10 rings (SSSR count). The van der Waals surface area contributed by atoms with Gasteiger partial charge in [0.05, 0.1) is 0 Å². The molecule has 0 saturated heterocycles. The molecule has 0 saturated carbocycles. The highest BCUT2D eigenvalue weighted by atomic mass is 16.6. The number of nitrogens with zero attached hydrogens (tertiary/aromatic N) is 2. The number of carbonyl (C=O) groups is 2. The summed E-state index contributed by atoms with van der Waals surface area (Å²) in [5, 5.41) is 4.21. The van der Waals surface area contributed by atoms with Gasteiger partial charge in [-0.05, 0) is 91.3 Å². The van der Waals surface area contributed by atoms with Crippen LogP contribution in [0.4, 0.5) is 22.7 Å². The van der Waals surface area contributed by atoms with Crippen molar-refractivity contribution in [2.45, 2.75) is 38.5 Å². The van der Waals surface area contributed by atoms with Crippen LogP contribution in [0, 0.1) is 0 Å². The number of fused-ring (bicyclic) bond motifs is 9. The van der Waals surface area contributed by atoms with Crippen molar-refractivity contribution in [3.8, 4) is 0 Å². The highest BCUT2D eigenvalue weighted by Gasteiger charge is 2.44. The van der Waals surface area contributed by atoms with E-state index in [9.17, 15) is 9.59 Å². The summed E-state index contributed by atoms with van der Waals surface area (Å²) < 4.78 is 11.7. The fourth-order valence-corrected chi connectivity index (χ4v) is 9.33. The van der Waals surface area contributed by atoms with E-state index in [0.717, 1.165) is 32.9 Å². The Labute approximate surface area is 302 Å². The van der Waals surface area contributed by atoms with Crippen molar-refractivity contribution in [1.82, 2.24) is 0 Å². The van der Waals surface area contributed by atoms with E-state index < -0.39 is 11.9 Å². The number of ether oxygens (including phenoxy) is 2. The highest BCUT2D eigenvalue weighted by Crippen LogP contribution is 2.53. The van der Waals surface area contributed by atoms with Gasteiger partial charge in [0, 0.05) is 47.7 Å². The van der Waals surface area contributed by atoms with Gasteiger partial charge >= 0.3 is 11.9 Å². The second kappa shape index (κ2) is 10.2. The first-order valence-corrected chi connectivity index (χ1v) is 17.7. The average Bonchev–Trinajstić information content (AvgIpc) is 3.63. The van der Waals surface area contributed by atoms with Crippen molar-refractivity contribution < 1.29 is 19.1 Å². The average molecular weight is 681 g/mol. The predicted molar refractivity (Wildman–Crippen MR) is 207 cm³/mol. The maximum absolute atomic E-state index is 13.6. The molecule has 4 aliphatic heterocycles. The number of anilines is 4. The lowest BCUT2D eigenvalue weighted by Gasteiger charge is -2.41. The number of hydrogen-bond donors (Lipinski definition) is 0. The fourth-order valence-electron chi connectivity index (χ4n) is 9.33. The lowest BCUT2D eigenvalue weighted by molar-refractivity contribution is -0.131. The van der Waals surface area contributed by atoms with Crippen LogP contribution in [0.1, 0.15) is 61.1 Å². The summed E-state index contributed by atoms with van der Waals surface area (Å²) in [7, 11) is 4.21. The Morgan fingerprint density at radius 2 is 0.885 bits per heavy atom. The van der Waals surface area contributed by atoms with E-state index in [4.69, 9.17) is 9.47 Å². The first kappa shape index (κ1) is 30.7. The minimum atomic E-state index is -0.528. The van der Waals surface area contributed by atoms with Gasteiger partial charge in [0.2, 0.25) is 0 Å². The van der Waals surface area contributed by atoms with E-state index in [1.54, 1.807) is 0 Å². The Morgan fingerprint density at radius 3 is 1.31 bits per heavy atom. The quantitative estimate of drug-likeness (QED) is 0.170. The molecule has 6 aromatic rings. The molecule has 6 heteroatoms. The summed E-state index contributed by atoms with van der Waals surface area (Å²) in [5.74, 6) is -0.693. The molecule has 0 fully saturated rings. The summed E-state index contributed by atoms with van der Waals surface area (Å²) in [4.78, 5) is 31.7. The van der Waals surface area contributed by atoms with E-state index in [2.05, 4.69) is 137 Å². The van der Waals surface area contributed by atoms with Crippen molar-refractivity contribution in [1.29, 1.82) is 0 Å².